The van der Waals surface area contributed by atoms with Gasteiger partial charge in [-0.1, -0.05) is 24.3 Å². The number of fused-ring (bicyclic) bond motifs is 2. The molecule has 3 aliphatic rings. The molecule has 0 aromatic heterocycles. The van der Waals surface area contributed by atoms with Gasteiger partial charge in [-0.3, -0.25) is 9.69 Å². The van der Waals surface area contributed by atoms with Crippen LogP contribution in [0.5, 0.6) is 0 Å². The number of nitrogens with two attached hydrogens (primary N) is 1. The topological polar surface area (TPSA) is 103 Å². The second kappa shape index (κ2) is 10.3. The second-order valence-electron chi connectivity index (χ2n) is 11.5. The molecule has 38 heavy (non-hydrogen) atoms. The van der Waals surface area contributed by atoms with Gasteiger partial charge < -0.3 is 25.3 Å². The SMILES string of the molecule is CC(C)(C)OC(=O)N[C@@H](Cc1ccc(-c2ccc3c(c2)C2(CCN(C4COC4)CC2)OC3)cc1F)C(N)=O. The highest BCUT2D eigenvalue weighted by Gasteiger charge is 2.44. The van der Waals surface area contributed by atoms with Gasteiger partial charge in [-0.25, -0.2) is 9.18 Å². The predicted molar refractivity (Wildman–Crippen MR) is 140 cm³/mol. The van der Waals surface area contributed by atoms with E-state index in [0.29, 0.717) is 12.6 Å². The minimum absolute atomic E-state index is 0.0790. The molecule has 9 heteroatoms. The Kier molecular flexibility index (Phi) is 7.19. The Morgan fingerprint density at radius 2 is 1.84 bits per heavy atom. The minimum atomic E-state index is -1.10. The van der Waals surface area contributed by atoms with Crippen molar-refractivity contribution in [1.82, 2.24) is 10.2 Å². The molecule has 1 atom stereocenters. The molecule has 3 N–H and O–H groups in total. The Balaban J connectivity index is 1.30. The van der Waals surface area contributed by atoms with Crippen molar-refractivity contribution in [3.63, 3.8) is 0 Å². The quantitative estimate of drug-likeness (QED) is 0.597. The fourth-order valence-corrected chi connectivity index (χ4v) is 5.48. The van der Waals surface area contributed by atoms with Gasteiger partial charge in [-0.05, 0) is 73.6 Å². The van der Waals surface area contributed by atoms with E-state index in [9.17, 15) is 9.59 Å². The highest BCUT2D eigenvalue weighted by atomic mass is 19.1. The number of ether oxygens (including phenoxy) is 3. The van der Waals surface area contributed by atoms with E-state index in [2.05, 4.69) is 22.3 Å². The van der Waals surface area contributed by atoms with Crippen LogP contribution >= 0.6 is 0 Å². The number of nitrogens with one attached hydrogen (secondary N) is 1. The number of benzene rings is 2. The third-order valence-electron chi connectivity index (χ3n) is 7.69. The molecular weight excluding hydrogens is 489 g/mol. The fraction of sp³-hybridized carbons (Fsp3) is 0.517. The van der Waals surface area contributed by atoms with Crippen molar-refractivity contribution in [2.45, 2.75) is 69.9 Å². The van der Waals surface area contributed by atoms with Crippen LogP contribution in [0.4, 0.5) is 9.18 Å². The summed E-state index contributed by atoms with van der Waals surface area (Å²) in [7, 11) is 0. The van der Waals surface area contributed by atoms with Crippen LogP contribution in [0.2, 0.25) is 0 Å². The number of primary amides is 1. The van der Waals surface area contributed by atoms with E-state index in [4.69, 9.17) is 19.9 Å². The summed E-state index contributed by atoms with van der Waals surface area (Å²) in [5.74, 6) is -1.23. The molecule has 2 fully saturated rings. The maximum absolute atomic E-state index is 15.2. The number of carbonyl (C=O) groups is 2. The van der Waals surface area contributed by atoms with Gasteiger partial charge in [0, 0.05) is 19.5 Å². The van der Waals surface area contributed by atoms with E-state index < -0.39 is 29.5 Å². The molecule has 0 aliphatic carbocycles. The molecule has 3 aliphatic heterocycles. The number of nitrogens with zero attached hydrogens (tertiary/aromatic N) is 1. The smallest absolute Gasteiger partial charge is 0.408 e. The number of amides is 2. The zero-order chi connectivity index (χ0) is 27.1. The van der Waals surface area contributed by atoms with Crippen molar-refractivity contribution in [2.24, 2.45) is 5.73 Å². The van der Waals surface area contributed by atoms with Crippen molar-refractivity contribution in [3.8, 4) is 11.1 Å². The first-order valence-electron chi connectivity index (χ1n) is 13.2. The van der Waals surface area contributed by atoms with E-state index in [0.717, 1.165) is 50.3 Å². The summed E-state index contributed by atoms with van der Waals surface area (Å²) in [6, 6.07) is 10.6. The molecule has 5 rings (SSSR count). The summed E-state index contributed by atoms with van der Waals surface area (Å²) in [4.78, 5) is 26.6. The van der Waals surface area contributed by atoms with Crippen LogP contribution in [0.3, 0.4) is 0 Å². The second-order valence-corrected chi connectivity index (χ2v) is 11.5. The number of carbonyl (C=O) groups excluding carboxylic acids is 2. The zero-order valence-electron chi connectivity index (χ0n) is 22.2. The molecule has 2 aromatic carbocycles. The molecule has 2 saturated heterocycles. The van der Waals surface area contributed by atoms with Gasteiger partial charge in [0.2, 0.25) is 5.91 Å². The molecular formula is C29H36FN3O5. The number of rotatable bonds is 6. The summed E-state index contributed by atoms with van der Waals surface area (Å²) >= 11 is 0. The Morgan fingerprint density at radius 3 is 2.45 bits per heavy atom. The lowest BCUT2D eigenvalue weighted by Crippen LogP contribution is -2.54. The largest absolute Gasteiger partial charge is 0.444 e. The number of piperidine rings is 1. The lowest BCUT2D eigenvalue weighted by Gasteiger charge is -2.45. The maximum Gasteiger partial charge on any atom is 0.408 e. The van der Waals surface area contributed by atoms with Crippen molar-refractivity contribution < 1.29 is 28.2 Å². The molecule has 8 nitrogen and oxygen atoms in total. The van der Waals surface area contributed by atoms with E-state index in [1.54, 1.807) is 26.8 Å². The van der Waals surface area contributed by atoms with Crippen LogP contribution in [0, 0.1) is 5.82 Å². The lowest BCUT2D eigenvalue weighted by molar-refractivity contribution is -0.120. The molecule has 0 unspecified atom stereocenters. The zero-order valence-corrected chi connectivity index (χ0v) is 22.2. The summed E-state index contributed by atoms with van der Waals surface area (Å²) in [6.45, 7) is 9.30. The Labute approximate surface area is 222 Å². The number of halogens is 1. The molecule has 2 aromatic rings. The molecule has 1 spiro atoms. The number of alkyl carbamates (subject to hydrolysis) is 1. The van der Waals surface area contributed by atoms with Gasteiger partial charge in [0.15, 0.2) is 0 Å². The molecule has 0 radical (unpaired) electrons. The average Bonchev–Trinajstić information content (AvgIpc) is 3.16. The molecule has 2 amide bonds. The predicted octanol–water partition coefficient (Wildman–Crippen LogP) is 3.63. The first-order chi connectivity index (χ1) is 18.0. The van der Waals surface area contributed by atoms with Gasteiger partial charge in [0.1, 0.15) is 17.5 Å². The highest BCUT2D eigenvalue weighted by molar-refractivity contribution is 5.84. The standard InChI is InChI=1S/C29H36FN3O5/c1-28(2,3)38-27(35)32-25(26(31)34)14-20-6-4-19(13-24(20)30)18-5-7-21-15-37-29(23(21)12-18)8-10-33(11-9-29)22-16-36-17-22/h4-7,12-13,22,25H,8-11,14-17H2,1-3H3,(H2,31,34)(H,32,35)/t25-/m0/s1. The Bertz CT molecular complexity index is 1220. The lowest BCUT2D eigenvalue weighted by atomic mass is 9.82. The average molecular weight is 526 g/mol. The monoisotopic (exact) mass is 525 g/mol. The van der Waals surface area contributed by atoms with Gasteiger partial charge in [-0.15, -0.1) is 0 Å². The minimum Gasteiger partial charge on any atom is -0.444 e. The van der Waals surface area contributed by atoms with Gasteiger partial charge in [-0.2, -0.15) is 0 Å². The van der Waals surface area contributed by atoms with Crippen molar-refractivity contribution in [1.29, 1.82) is 0 Å². The molecule has 204 valence electrons. The van der Waals surface area contributed by atoms with Crippen LogP contribution in [0.15, 0.2) is 36.4 Å². The third kappa shape index (κ3) is 5.55. The van der Waals surface area contributed by atoms with E-state index in [1.165, 1.54) is 17.2 Å². The molecule has 3 heterocycles. The number of hydrogen-bond acceptors (Lipinski definition) is 6. The van der Waals surface area contributed by atoms with E-state index >= 15 is 4.39 Å². The number of likely N-dealkylation sites (tertiary alicyclic amines) is 1. The van der Waals surface area contributed by atoms with Crippen LogP contribution < -0.4 is 11.1 Å². The van der Waals surface area contributed by atoms with Crippen LogP contribution in [-0.4, -0.2) is 60.9 Å². The normalized spacial score (nSPS) is 20.0. The van der Waals surface area contributed by atoms with Gasteiger partial charge >= 0.3 is 6.09 Å². The van der Waals surface area contributed by atoms with Crippen LogP contribution in [0.25, 0.3) is 11.1 Å². The van der Waals surface area contributed by atoms with Crippen molar-refractivity contribution in [2.75, 3.05) is 26.3 Å². The third-order valence-corrected chi connectivity index (χ3v) is 7.69. The van der Waals surface area contributed by atoms with E-state index in [1.807, 2.05) is 12.1 Å². The molecule has 0 saturated carbocycles. The number of hydrogen-bond donors (Lipinski definition) is 2. The van der Waals surface area contributed by atoms with Crippen molar-refractivity contribution in [3.05, 3.63) is 58.9 Å². The highest BCUT2D eigenvalue weighted by Crippen LogP contribution is 2.46. The summed E-state index contributed by atoms with van der Waals surface area (Å²) in [5.41, 5.74) is 8.74. The summed E-state index contributed by atoms with van der Waals surface area (Å²) in [5, 5.41) is 2.45. The Morgan fingerprint density at radius 1 is 1.16 bits per heavy atom. The Hall–Kier alpha value is -3.01. The fourth-order valence-electron chi connectivity index (χ4n) is 5.48. The van der Waals surface area contributed by atoms with Crippen LogP contribution in [0.1, 0.15) is 50.3 Å². The van der Waals surface area contributed by atoms with Gasteiger partial charge in [0.25, 0.3) is 0 Å². The first-order valence-corrected chi connectivity index (χ1v) is 13.2. The van der Waals surface area contributed by atoms with E-state index in [-0.39, 0.29) is 17.6 Å². The first kappa shape index (κ1) is 26.6. The summed E-state index contributed by atoms with van der Waals surface area (Å²) in [6.07, 6.45) is 0.989. The van der Waals surface area contributed by atoms with Gasteiger partial charge in [0.05, 0.1) is 31.5 Å². The maximum atomic E-state index is 15.2. The van der Waals surface area contributed by atoms with Crippen LogP contribution in [-0.2, 0) is 37.6 Å². The van der Waals surface area contributed by atoms with Crippen molar-refractivity contribution >= 4 is 12.0 Å². The molecule has 0 bridgehead atoms. The summed E-state index contributed by atoms with van der Waals surface area (Å²) < 4.78 is 32.1.